The van der Waals surface area contributed by atoms with E-state index in [1.54, 1.807) is 6.08 Å². The molecule has 3 atom stereocenters. The summed E-state index contributed by atoms with van der Waals surface area (Å²) in [6.07, 6.45) is 74.3. The van der Waals surface area contributed by atoms with E-state index in [2.05, 4.69) is 86.8 Å². The largest absolute Gasteiger partial charge is 0.756 e. The number of phosphoric acid groups is 1. The number of carbonyl (C=O) groups excluding carboxylic acids is 2. The Balaban J connectivity index is 5.26. The van der Waals surface area contributed by atoms with Gasteiger partial charge in [-0.1, -0.05) is 280 Å². The third-order valence-electron chi connectivity index (χ3n) is 13.9. The number of hydrogen-bond acceptors (Lipinski definition) is 7. The van der Waals surface area contributed by atoms with E-state index in [4.69, 9.17) is 13.8 Å². The van der Waals surface area contributed by atoms with Gasteiger partial charge in [0.2, 0.25) is 5.91 Å². The van der Waals surface area contributed by atoms with Crippen LogP contribution in [0.15, 0.2) is 85.1 Å². The number of unbranched alkanes of at least 4 members (excludes halogenated alkanes) is 29. The van der Waals surface area contributed by atoms with Crippen LogP contribution in [0.5, 0.6) is 0 Å². The molecule has 1 N–H and O–H groups in total. The highest BCUT2D eigenvalue weighted by molar-refractivity contribution is 7.45. The van der Waals surface area contributed by atoms with Crippen LogP contribution in [-0.2, 0) is 27.9 Å². The molecule has 10 heteroatoms. The molecule has 0 rings (SSSR count). The predicted molar refractivity (Wildman–Crippen MR) is 330 cm³/mol. The number of phosphoric ester groups is 1. The topological polar surface area (TPSA) is 114 Å². The molecule has 0 aliphatic heterocycles. The second-order valence-corrected chi connectivity index (χ2v) is 23.9. The van der Waals surface area contributed by atoms with Gasteiger partial charge < -0.3 is 28.5 Å². The first kappa shape index (κ1) is 74.2. The minimum absolute atomic E-state index is 0.0353. The summed E-state index contributed by atoms with van der Waals surface area (Å²) in [6, 6.07) is -0.920. The summed E-state index contributed by atoms with van der Waals surface area (Å²) in [7, 11) is 1.15. The number of ether oxygens (including phenoxy) is 1. The lowest BCUT2D eigenvalue weighted by molar-refractivity contribution is -0.870. The van der Waals surface area contributed by atoms with Crippen LogP contribution in [0, 0.1) is 0 Å². The fourth-order valence-corrected chi connectivity index (χ4v) is 9.68. The van der Waals surface area contributed by atoms with Gasteiger partial charge in [0.1, 0.15) is 19.3 Å². The summed E-state index contributed by atoms with van der Waals surface area (Å²) >= 11 is 0. The minimum atomic E-state index is -4.72. The summed E-state index contributed by atoms with van der Waals surface area (Å²) in [5.74, 6) is -0.634. The van der Waals surface area contributed by atoms with Crippen LogP contribution < -0.4 is 10.2 Å². The molecule has 9 nitrogen and oxygen atoms in total. The maximum absolute atomic E-state index is 13.5. The monoisotopic (exact) mass is 1100 g/mol. The Morgan fingerprint density at radius 3 is 1.25 bits per heavy atom. The van der Waals surface area contributed by atoms with Crippen LogP contribution in [0.1, 0.15) is 278 Å². The molecule has 446 valence electrons. The lowest BCUT2D eigenvalue weighted by Gasteiger charge is -2.30. The average molecular weight is 1100 g/mol. The molecule has 0 aromatic heterocycles. The molecule has 0 radical (unpaired) electrons. The predicted octanol–water partition coefficient (Wildman–Crippen LogP) is 19.1. The van der Waals surface area contributed by atoms with E-state index < -0.39 is 32.5 Å². The normalized spacial score (nSPS) is 14.2. The van der Waals surface area contributed by atoms with Crippen LogP contribution in [-0.4, -0.2) is 69.4 Å². The number of amides is 1. The Morgan fingerprint density at radius 1 is 0.468 bits per heavy atom. The van der Waals surface area contributed by atoms with Crippen molar-refractivity contribution in [3.05, 3.63) is 85.1 Å². The van der Waals surface area contributed by atoms with Crippen LogP contribution in [0.2, 0.25) is 0 Å². The van der Waals surface area contributed by atoms with Crippen LogP contribution in [0.25, 0.3) is 0 Å². The van der Waals surface area contributed by atoms with Crippen molar-refractivity contribution in [3.8, 4) is 0 Å². The highest BCUT2D eigenvalue weighted by Gasteiger charge is 2.27. The van der Waals surface area contributed by atoms with E-state index in [1.165, 1.54) is 161 Å². The van der Waals surface area contributed by atoms with Gasteiger partial charge in [0.25, 0.3) is 7.82 Å². The van der Waals surface area contributed by atoms with E-state index >= 15 is 0 Å². The van der Waals surface area contributed by atoms with E-state index in [0.29, 0.717) is 23.9 Å². The first-order valence-electron chi connectivity index (χ1n) is 31.9. The molecule has 0 aliphatic carbocycles. The molecule has 0 saturated carbocycles. The van der Waals surface area contributed by atoms with Crippen molar-refractivity contribution in [2.24, 2.45) is 0 Å². The first-order chi connectivity index (χ1) is 37.4. The zero-order valence-electron chi connectivity index (χ0n) is 50.9. The van der Waals surface area contributed by atoms with Crippen molar-refractivity contribution in [3.63, 3.8) is 0 Å². The van der Waals surface area contributed by atoms with Crippen LogP contribution in [0.4, 0.5) is 0 Å². The Hall–Kier alpha value is -2.81. The third kappa shape index (κ3) is 57.7. The molecule has 0 heterocycles. The van der Waals surface area contributed by atoms with Gasteiger partial charge >= 0.3 is 5.97 Å². The molecule has 3 unspecified atom stereocenters. The molecular formula is C67H121N2O7P. The molecule has 0 saturated heterocycles. The van der Waals surface area contributed by atoms with Gasteiger partial charge in [0.15, 0.2) is 0 Å². The Kier molecular flexibility index (Phi) is 54.4. The second-order valence-electron chi connectivity index (χ2n) is 22.5. The molecule has 77 heavy (non-hydrogen) atoms. The number of rotatable bonds is 57. The molecule has 0 aliphatic rings. The van der Waals surface area contributed by atoms with Crippen molar-refractivity contribution in [1.82, 2.24) is 5.32 Å². The van der Waals surface area contributed by atoms with Crippen molar-refractivity contribution < 1.29 is 37.3 Å². The zero-order valence-corrected chi connectivity index (χ0v) is 51.8. The summed E-state index contributed by atoms with van der Waals surface area (Å²) in [4.78, 5) is 40.0. The van der Waals surface area contributed by atoms with Crippen molar-refractivity contribution >= 4 is 19.7 Å². The summed E-state index contributed by atoms with van der Waals surface area (Å²) < 4.78 is 30.2. The average Bonchev–Trinajstić information content (AvgIpc) is 3.39. The van der Waals surface area contributed by atoms with Gasteiger partial charge in [0, 0.05) is 12.8 Å². The highest BCUT2D eigenvalue weighted by Crippen LogP contribution is 2.38. The molecule has 0 aromatic carbocycles. The van der Waals surface area contributed by atoms with E-state index in [9.17, 15) is 19.0 Å². The molecule has 0 aromatic rings. The summed E-state index contributed by atoms with van der Waals surface area (Å²) in [6.45, 7) is 6.69. The van der Waals surface area contributed by atoms with E-state index in [0.717, 1.165) is 77.0 Å². The van der Waals surface area contributed by atoms with Crippen molar-refractivity contribution in [2.45, 2.75) is 290 Å². The summed E-state index contributed by atoms with van der Waals surface area (Å²) in [5.41, 5.74) is 0. The summed E-state index contributed by atoms with van der Waals surface area (Å²) in [5, 5.41) is 3.01. The van der Waals surface area contributed by atoms with E-state index in [1.807, 2.05) is 39.4 Å². The molecule has 0 bridgehead atoms. The number of quaternary nitrogens is 1. The van der Waals surface area contributed by atoms with Gasteiger partial charge in [0.05, 0.1) is 33.8 Å². The zero-order chi connectivity index (χ0) is 56.4. The van der Waals surface area contributed by atoms with E-state index in [-0.39, 0.29) is 18.9 Å². The van der Waals surface area contributed by atoms with Crippen LogP contribution in [0.3, 0.4) is 0 Å². The molecule has 0 fully saturated rings. The first-order valence-corrected chi connectivity index (χ1v) is 33.4. The number of nitrogens with zero attached hydrogens (tertiary/aromatic N) is 1. The molecule has 1 amide bonds. The lowest BCUT2D eigenvalue weighted by atomic mass is 10.0. The van der Waals surface area contributed by atoms with Gasteiger partial charge in [-0.15, -0.1) is 0 Å². The van der Waals surface area contributed by atoms with Gasteiger partial charge in [-0.3, -0.25) is 14.2 Å². The number of likely N-dealkylation sites (N-methyl/N-ethyl adjacent to an activating group) is 1. The number of esters is 1. The number of hydrogen-bond donors (Lipinski definition) is 1. The lowest BCUT2D eigenvalue weighted by Crippen LogP contribution is -2.47. The fourth-order valence-electron chi connectivity index (χ4n) is 8.96. The van der Waals surface area contributed by atoms with Crippen molar-refractivity contribution in [1.29, 1.82) is 0 Å². The maximum atomic E-state index is 13.5. The molecule has 0 spiro atoms. The quantitative estimate of drug-likeness (QED) is 0.0212. The Labute approximate surface area is 476 Å². The second kappa shape index (κ2) is 56.5. The van der Waals surface area contributed by atoms with Gasteiger partial charge in [-0.05, 0) is 70.3 Å². The molecular weight excluding hydrogens is 976 g/mol. The van der Waals surface area contributed by atoms with Gasteiger partial charge in [-0.2, -0.15) is 0 Å². The third-order valence-corrected chi connectivity index (χ3v) is 14.8. The number of carbonyl (C=O) groups is 2. The van der Waals surface area contributed by atoms with Crippen molar-refractivity contribution in [2.75, 3.05) is 40.9 Å². The van der Waals surface area contributed by atoms with Gasteiger partial charge in [-0.25, -0.2) is 0 Å². The highest BCUT2D eigenvalue weighted by atomic mass is 31.2. The standard InChI is InChI=1S/C67H121N2O7P/c1-7-10-13-16-19-22-25-27-29-31-33-34-36-37-39-41-44-47-50-53-56-59-66(70)68-64(63-75-77(72,73)74-62-61-69(4,5)6)65(58-55-52-49-46-43-24-21-18-15-12-9-3)76-67(71)60-57-54-51-48-45-42-40-38-35-32-30-28-26-23-20-17-14-11-8-2/h11,14,20,23,28,30,35,38,42,45,51,54-55,58,64-65H,7-10,12-13,15-19,21-22,24-27,29,31-34,36-37,39-41,43-44,46-50,52-53,56-57,59-63H2,1-6H3,(H-,68,70,72,73)/b14-11-,23-20-,30-28-,38-35-,45-42-,54-51-,58-55+. The van der Waals surface area contributed by atoms with Crippen LogP contribution >= 0.6 is 7.82 Å². The minimum Gasteiger partial charge on any atom is -0.756 e. The Morgan fingerprint density at radius 2 is 0.844 bits per heavy atom. The maximum Gasteiger partial charge on any atom is 0.306 e. The number of allylic oxidation sites excluding steroid dienone is 13. The fraction of sp³-hybridized carbons (Fsp3) is 0.761. The number of nitrogens with one attached hydrogen (secondary N) is 1. The smallest absolute Gasteiger partial charge is 0.306 e. The SMILES string of the molecule is CC/C=C\C/C=C\C/C=C\C/C=C\C/C=C\C/C=C\CCC(=O)OC(/C=C/CCCCCCCCCCC)C(COP(=O)([O-])OCC[N+](C)(C)C)NC(=O)CCCCCCCCCCCCCCCCCCCCCCC. The Bertz CT molecular complexity index is 1590.